The first-order valence-corrected chi connectivity index (χ1v) is 9.31. The smallest absolute Gasteiger partial charge is 0.317 e. The number of rotatable bonds is 5. The van der Waals surface area contributed by atoms with E-state index in [-0.39, 0.29) is 11.8 Å². The third-order valence-corrected chi connectivity index (χ3v) is 5.10. The zero-order valence-electron chi connectivity index (χ0n) is 14.8. The van der Waals surface area contributed by atoms with Gasteiger partial charge in [-0.1, -0.05) is 12.1 Å². The Bertz CT molecular complexity index is 563. The van der Waals surface area contributed by atoms with Crippen molar-refractivity contribution in [2.24, 2.45) is 0 Å². The molecule has 5 nitrogen and oxygen atoms in total. The Balaban J connectivity index is 1.49. The number of nitrogens with zero attached hydrogens (tertiary/aromatic N) is 2. The third kappa shape index (κ3) is 5.41. The number of morpholine rings is 1. The molecule has 0 spiro atoms. The number of piperidine rings is 1. The number of nitrogens with one attached hydrogen (secondary N) is 1. The molecule has 3 rings (SSSR count). The van der Waals surface area contributed by atoms with Crippen molar-refractivity contribution in [3.8, 4) is 0 Å². The molecule has 1 aromatic carbocycles. The van der Waals surface area contributed by atoms with Crippen molar-refractivity contribution in [3.63, 3.8) is 0 Å². The van der Waals surface area contributed by atoms with Crippen LogP contribution in [0.3, 0.4) is 0 Å². The van der Waals surface area contributed by atoms with Gasteiger partial charge in [-0.15, -0.1) is 0 Å². The predicted octanol–water partition coefficient (Wildman–Crippen LogP) is 2.61. The fourth-order valence-corrected chi connectivity index (χ4v) is 3.65. The molecular weight excluding hydrogens is 321 g/mol. The molecule has 2 amide bonds. The molecule has 0 saturated carbocycles. The minimum absolute atomic E-state index is 0.0315. The highest BCUT2D eigenvalue weighted by Crippen LogP contribution is 2.20. The number of hydrogen-bond donors (Lipinski definition) is 1. The van der Waals surface area contributed by atoms with Gasteiger partial charge in [0.1, 0.15) is 5.82 Å². The summed E-state index contributed by atoms with van der Waals surface area (Å²) in [4.78, 5) is 17.0. The predicted molar refractivity (Wildman–Crippen MR) is 94.9 cm³/mol. The summed E-state index contributed by atoms with van der Waals surface area (Å²) in [6.07, 6.45) is 4.31. The molecule has 2 fully saturated rings. The molecule has 2 aliphatic heterocycles. The van der Waals surface area contributed by atoms with Crippen LogP contribution in [0.25, 0.3) is 0 Å². The van der Waals surface area contributed by atoms with E-state index in [1.807, 2.05) is 11.0 Å². The summed E-state index contributed by atoms with van der Waals surface area (Å²) in [6.45, 7) is 5.77. The average Bonchev–Trinajstić information content (AvgIpc) is 2.65. The fraction of sp³-hybridized carbons (Fsp3) is 0.632. The van der Waals surface area contributed by atoms with Crippen molar-refractivity contribution in [2.45, 2.75) is 38.3 Å². The monoisotopic (exact) mass is 349 g/mol. The van der Waals surface area contributed by atoms with Crippen molar-refractivity contribution >= 4 is 6.03 Å². The topological polar surface area (TPSA) is 44.8 Å². The molecule has 2 aliphatic rings. The van der Waals surface area contributed by atoms with Crippen molar-refractivity contribution in [1.82, 2.24) is 15.1 Å². The lowest BCUT2D eigenvalue weighted by Gasteiger charge is -2.37. The standard InChI is InChI=1S/C19H28FN3O2/c20-17-5-3-4-16(14-17)15-21-19(24)23-8-2-1-6-18(23)7-9-22-10-12-25-13-11-22/h3-5,14,18H,1-2,6-13,15H2,(H,21,24)/t18-/m0/s1. The summed E-state index contributed by atoms with van der Waals surface area (Å²) in [5.74, 6) is -0.270. The molecule has 0 unspecified atom stereocenters. The second kappa shape index (κ2) is 9.15. The molecule has 2 heterocycles. The van der Waals surface area contributed by atoms with Crippen LogP contribution in [0.2, 0.25) is 0 Å². The van der Waals surface area contributed by atoms with Gasteiger partial charge < -0.3 is 15.0 Å². The van der Waals surface area contributed by atoms with Crippen LogP contribution in [-0.4, -0.2) is 61.3 Å². The number of carbonyl (C=O) groups is 1. The van der Waals surface area contributed by atoms with Gasteiger partial charge in [-0.2, -0.15) is 0 Å². The van der Waals surface area contributed by atoms with E-state index in [0.29, 0.717) is 12.6 Å². The first-order chi connectivity index (χ1) is 12.2. The molecule has 1 atom stereocenters. The Kier molecular flexibility index (Phi) is 6.64. The quantitative estimate of drug-likeness (QED) is 0.889. The molecule has 0 bridgehead atoms. The van der Waals surface area contributed by atoms with Crippen LogP contribution in [-0.2, 0) is 11.3 Å². The van der Waals surface area contributed by atoms with Crippen molar-refractivity contribution < 1.29 is 13.9 Å². The zero-order chi connectivity index (χ0) is 17.5. The van der Waals surface area contributed by atoms with Crippen LogP contribution in [0.5, 0.6) is 0 Å². The minimum atomic E-state index is -0.270. The maximum Gasteiger partial charge on any atom is 0.317 e. The lowest BCUT2D eigenvalue weighted by atomic mass is 9.99. The van der Waals surface area contributed by atoms with Crippen LogP contribution in [0.4, 0.5) is 9.18 Å². The number of amides is 2. The van der Waals surface area contributed by atoms with E-state index in [4.69, 9.17) is 4.74 Å². The summed E-state index contributed by atoms with van der Waals surface area (Å²) in [5, 5.41) is 2.95. The fourth-order valence-electron chi connectivity index (χ4n) is 3.65. The van der Waals surface area contributed by atoms with Gasteiger partial charge in [0.2, 0.25) is 0 Å². The largest absolute Gasteiger partial charge is 0.379 e. The van der Waals surface area contributed by atoms with Crippen molar-refractivity contribution in [1.29, 1.82) is 0 Å². The van der Waals surface area contributed by atoms with Crippen molar-refractivity contribution in [2.75, 3.05) is 39.4 Å². The van der Waals surface area contributed by atoms with Gasteiger partial charge in [-0.05, 0) is 43.4 Å². The van der Waals surface area contributed by atoms with E-state index in [0.717, 1.165) is 64.2 Å². The SMILES string of the molecule is O=C(NCc1cccc(F)c1)N1CCCC[C@H]1CCN1CCOCC1. The lowest BCUT2D eigenvalue weighted by Crippen LogP contribution is -2.50. The Morgan fingerprint density at radius 2 is 2.08 bits per heavy atom. The van der Waals surface area contributed by atoms with E-state index in [1.54, 1.807) is 6.07 Å². The highest BCUT2D eigenvalue weighted by atomic mass is 19.1. The van der Waals surface area contributed by atoms with E-state index in [9.17, 15) is 9.18 Å². The second-order valence-electron chi connectivity index (χ2n) is 6.87. The van der Waals surface area contributed by atoms with Crippen molar-refractivity contribution in [3.05, 3.63) is 35.6 Å². The number of urea groups is 1. The van der Waals surface area contributed by atoms with Gasteiger partial charge in [-0.25, -0.2) is 9.18 Å². The summed E-state index contributed by atoms with van der Waals surface area (Å²) in [6, 6.07) is 6.64. The van der Waals surface area contributed by atoms with E-state index in [2.05, 4.69) is 10.2 Å². The first-order valence-electron chi connectivity index (χ1n) is 9.31. The minimum Gasteiger partial charge on any atom is -0.379 e. The molecule has 1 aromatic rings. The first kappa shape index (κ1) is 18.1. The summed E-state index contributed by atoms with van der Waals surface area (Å²) < 4.78 is 18.6. The number of hydrogen-bond acceptors (Lipinski definition) is 3. The average molecular weight is 349 g/mol. The van der Waals surface area contributed by atoms with Gasteiger partial charge >= 0.3 is 6.03 Å². The number of benzene rings is 1. The Morgan fingerprint density at radius 3 is 2.88 bits per heavy atom. The zero-order valence-corrected chi connectivity index (χ0v) is 14.8. The molecular formula is C19H28FN3O2. The van der Waals surface area contributed by atoms with Gasteiger partial charge in [0.05, 0.1) is 13.2 Å². The Hall–Kier alpha value is -1.66. The number of halogens is 1. The Morgan fingerprint density at radius 1 is 1.24 bits per heavy atom. The molecule has 0 aliphatic carbocycles. The third-order valence-electron chi connectivity index (χ3n) is 5.10. The molecule has 0 radical (unpaired) electrons. The Labute approximate surface area is 149 Å². The summed E-state index contributed by atoms with van der Waals surface area (Å²) in [5.41, 5.74) is 0.787. The maximum atomic E-state index is 13.2. The molecule has 25 heavy (non-hydrogen) atoms. The summed E-state index contributed by atoms with van der Waals surface area (Å²) in [7, 11) is 0. The van der Waals surface area contributed by atoms with Gasteiger partial charge in [0, 0.05) is 38.8 Å². The lowest BCUT2D eigenvalue weighted by molar-refractivity contribution is 0.0326. The molecule has 6 heteroatoms. The normalized spacial score (nSPS) is 22.0. The highest BCUT2D eigenvalue weighted by Gasteiger charge is 2.27. The van der Waals surface area contributed by atoms with Crippen LogP contribution < -0.4 is 5.32 Å². The molecule has 1 N–H and O–H groups in total. The van der Waals surface area contributed by atoms with Gasteiger partial charge in [-0.3, -0.25) is 4.90 Å². The van der Waals surface area contributed by atoms with E-state index in [1.165, 1.54) is 18.6 Å². The molecule has 0 aromatic heterocycles. The second-order valence-corrected chi connectivity index (χ2v) is 6.87. The van der Waals surface area contributed by atoms with Gasteiger partial charge in [0.25, 0.3) is 0 Å². The maximum absolute atomic E-state index is 13.2. The van der Waals surface area contributed by atoms with Crippen LogP contribution >= 0.6 is 0 Å². The summed E-state index contributed by atoms with van der Waals surface area (Å²) >= 11 is 0. The van der Waals surface area contributed by atoms with Crippen LogP contribution in [0, 0.1) is 5.82 Å². The van der Waals surface area contributed by atoms with E-state index < -0.39 is 0 Å². The van der Waals surface area contributed by atoms with Crippen LogP contribution in [0.1, 0.15) is 31.2 Å². The highest BCUT2D eigenvalue weighted by molar-refractivity contribution is 5.74. The molecule has 2 saturated heterocycles. The molecule has 138 valence electrons. The van der Waals surface area contributed by atoms with Gasteiger partial charge in [0.15, 0.2) is 0 Å². The number of carbonyl (C=O) groups excluding carboxylic acids is 1. The van der Waals surface area contributed by atoms with E-state index >= 15 is 0 Å². The number of likely N-dealkylation sites (tertiary alicyclic amines) is 1. The van der Waals surface area contributed by atoms with Crippen LogP contribution in [0.15, 0.2) is 24.3 Å². The number of ether oxygens (including phenoxy) is 1.